The predicted molar refractivity (Wildman–Crippen MR) is 109 cm³/mol. The molecule has 0 aliphatic heterocycles. The maximum atomic E-state index is 12.2. The molecule has 0 aromatic heterocycles. The molecule has 0 heterocycles. The van der Waals surface area contributed by atoms with Crippen molar-refractivity contribution in [3.8, 4) is 11.8 Å². The van der Waals surface area contributed by atoms with Crippen LogP contribution in [0.5, 0.6) is 0 Å². The summed E-state index contributed by atoms with van der Waals surface area (Å²) in [4.78, 5) is 14.0. The third-order valence-corrected chi connectivity index (χ3v) is 4.33. The molecule has 0 bridgehead atoms. The van der Waals surface area contributed by atoms with Crippen molar-refractivity contribution in [2.45, 2.75) is 66.5 Å². The highest BCUT2D eigenvalue weighted by Gasteiger charge is 2.20. The molecule has 1 amide bonds. The minimum atomic E-state index is -0.136. The van der Waals surface area contributed by atoms with Crippen LogP contribution in [0.2, 0.25) is 0 Å². The van der Waals surface area contributed by atoms with Gasteiger partial charge < -0.3 is 9.64 Å². The molecule has 3 nitrogen and oxygen atoms in total. The van der Waals surface area contributed by atoms with Crippen LogP contribution in [-0.2, 0) is 9.53 Å². The van der Waals surface area contributed by atoms with Gasteiger partial charge in [0.25, 0.3) is 0 Å². The van der Waals surface area contributed by atoms with E-state index >= 15 is 0 Å². The molecule has 26 heavy (non-hydrogen) atoms. The predicted octanol–water partition coefficient (Wildman–Crippen LogP) is 5.02. The monoisotopic (exact) mass is 355 g/mol. The summed E-state index contributed by atoms with van der Waals surface area (Å²) in [7, 11) is 0. The third-order valence-electron chi connectivity index (χ3n) is 4.33. The van der Waals surface area contributed by atoms with Gasteiger partial charge in [0, 0.05) is 30.7 Å². The van der Waals surface area contributed by atoms with Crippen molar-refractivity contribution < 1.29 is 9.53 Å². The van der Waals surface area contributed by atoms with Gasteiger partial charge in [-0.2, -0.15) is 0 Å². The van der Waals surface area contributed by atoms with Crippen molar-refractivity contribution >= 4 is 5.91 Å². The summed E-state index contributed by atoms with van der Waals surface area (Å²) in [5.74, 6) is 7.05. The number of hydrogen-bond donors (Lipinski definition) is 0. The molecule has 0 spiro atoms. The van der Waals surface area contributed by atoms with Crippen LogP contribution in [-0.4, -0.2) is 29.6 Å². The van der Waals surface area contributed by atoms with Gasteiger partial charge in [-0.05, 0) is 65.2 Å². The highest BCUT2D eigenvalue weighted by molar-refractivity contribution is 5.76. The Morgan fingerprint density at radius 3 is 2.46 bits per heavy atom. The van der Waals surface area contributed by atoms with Gasteiger partial charge in [0.1, 0.15) is 0 Å². The van der Waals surface area contributed by atoms with Crippen LogP contribution in [0, 0.1) is 17.8 Å². The van der Waals surface area contributed by atoms with Crippen molar-refractivity contribution in [3.05, 3.63) is 47.7 Å². The van der Waals surface area contributed by atoms with Gasteiger partial charge in [-0.1, -0.05) is 30.6 Å². The first-order valence-corrected chi connectivity index (χ1v) is 9.44. The quantitative estimate of drug-likeness (QED) is 0.452. The van der Waals surface area contributed by atoms with Crippen LogP contribution in [0.1, 0.15) is 54.4 Å². The van der Waals surface area contributed by atoms with E-state index < -0.39 is 0 Å². The smallest absolute Gasteiger partial charge is 0.224 e. The van der Waals surface area contributed by atoms with E-state index in [0.717, 1.165) is 16.8 Å². The van der Waals surface area contributed by atoms with E-state index in [1.165, 1.54) is 12.8 Å². The summed E-state index contributed by atoms with van der Waals surface area (Å²) in [6, 6.07) is -0.136. The van der Waals surface area contributed by atoms with Crippen molar-refractivity contribution in [2.75, 3.05) is 6.61 Å². The Hall–Kier alpha value is -2.05. The van der Waals surface area contributed by atoms with Gasteiger partial charge >= 0.3 is 0 Å². The molecule has 1 aliphatic rings. The van der Waals surface area contributed by atoms with Crippen molar-refractivity contribution in [1.82, 2.24) is 4.90 Å². The zero-order chi connectivity index (χ0) is 19.7. The number of carbonyl (C=O) groups excluding carboxylic acids is 1. The van der Waals surface area contributed by atoms with Crippen molar-refractivity contribution in [2.24, 2.45) is 5.92 Å². The van der Waals surface area contributed by atoms with Crippen LogP contribution in [0.15, 0.2) is 47.7 Å². The van der Waals surface area contributed by atoms with Gasteiger partial charge in [0.2, 0.25) is 5.91 Å². The summed E-state index contributed by atoms with van der Waals surface area (Å²) in [5.41, 5.74) is 2.72. The fourth-order valence-corrected chi connectivity index (χ4v) is 2.68. The van der Waals surface area contributed by atoms with Gasteiger partial charge in [-0.3, -0.25) is 4.79 Å². The van der Waals surface area contributed by atoms with E-state index in [9.17, 15) is 4.79 Å². The summed E-state index contributed by atoms with van der Waals surface area (Å²) in [6.07, 6.45) is 10.3. The number of carbonyl (C=O) groups is 1. The average molecular weight is 356 g/mol. The lowest BCUT2D eigenvalue weighted by Crippen LogP contribution is -2.36. The number of amides is 1. The fourth-order valence-electron chi connectivity index (χ4n) is 2.68. The average Bonchev–Trinajstić information content (AvgIpc) is 3.38. The van der Waals surface area contributed by atoms with Crippen molar-refractivity contribution in [3.63, 3.8) is 0 Å². The molecule has 1 rings (SSSR count). The first-order valence-electron chi connectivity index (χ1n) is 9.44. The Morgan fingerprint density at radius 2 is 1.96 bits per heavy atom. The number of hydrogen-bond acceptors (Lipinski definition) is 2. The number of nitrogens with zero attached hydrogens (tertiary/aromatic N) is 1. The molecule has 3 heteroatoms. The van der Waals surface area contributed by atoms with E-state index in [-0.39, 0.29) is 18.1 Å². The molecule has 0 aromatic rings. The second-order valence-electron chi connectivity index (χ2n) is 6.73. The van der Waals surface area contributed by atoms with Gasteiger partial charge in [-0.25, -0.2) is 0 Å². The molecular formula is C23H33NO2. The molecule has 0 aromatic carbocycles. The largest absolute Gasteiger partial charge is 0.375 e. The molecule has 2 unspecified atom stereocenters. The topological polar surface area (TPSA) is 29.5 Å². The van der Waals surface area contributed by atoms with Crippen LogP contribution in [0.25, 0.3) is 0 Å². The number of rotatable bonds is 8. The molecule has 0 N–H and O–H groups in total. The normalized spacial score (nSPS) is 17.5. The standard InChI is InChI=1S/C23H33NO2/c1-8-22(12-13-23-14-15-23)11-10-17(3)20(6)24(21(7)25)18(4)16-19(5)26-9-2/h8,10-11,16,19-20,23H,3,9,14-15H2,1-2,4-7H3/b11-10-,18-16-,22-8+. The lowest BCUT2D eigenvalue weighted by atomic mass is 10.1. The van der Waals surface area contributed by atoms with Crippen LogP contribution >= 0.6 is 0 Å². The minimum Gasteiger partial charge on any atom is -0.375 e. The first-order chi connectivity index (χ1) is 12.3. The lowest BCUT2D eigenvalue weighted by molar-refractivity contribution is -0.128. The molecule has 0 saturated heterocycles. The minimum absolute atomic E-state index is 0.00993. The molecular weight excluding hydrogens is 322 g/mol. The highest BCUT2D eigenvalue weighted by Crippen LogP contribution is 2.27. The lowest BCUT2D eigenvalue weighted by Gasteiger charge is -2.30. The molecule has 1 aliphatic carbocycles. The zero-order valence-corrected chi connectivity index (χ0v) is 17.1. The zero-order valence-electron chi connectivity index (χ0n) is 17.1. The van der Waals surface area contributed by atoms with Crippen LogP contribution in [0.4, 0.5) is 0 Å². The number of allylic oxidation sites excluding steroid dienone is 4. The Kier molecular flexibility index (Phi) is 9.16. The second-order valence-corrected chi connectivity index (χ2v) is 6.73. The summed E-state index contributed by atoms with van der Waals surface area (Å²) in [6.45, 7) is 16.2. The Morgan fingerprint density at radius 1 is 1.31 bits per heavy atom. The maximum absolute atomic E-state index is 12.2. The van der Waals surface area contributed by atoms with Gasteiger partial charge in [0.15, 0.2) is 0 Å². The fraction of sp³-hybridized carbons (Fsp3) is 0.522. The molecule has 1 fully saturated rings. The van der Waals surface area contributed by atoms with Crippen molar-refractivity contribution in [1.29, 1.82) is 0 Å². The van der Waals surface area contributed by atoms with E-state index in [0.29, 0.717) is 12.5 Å². The molecule has 142 valence electrons. The summed E-state index contributed by atoms with van der Waals surface area (Å²) < 4.78 is 5.55. The van der Waals surface area contributed by atoms with E-state index in [2.05, 4.69) is 18.4 Å². The molecule has 0 radical (unpaired) electrons. The molecule has 2 atom stereocenters. The van der Waals surface area contributed by atoms with E-state index in [1.54, 1.807) is 11.8 Å². The Bertz CT molecular complexity index is 653. The van der Waals surface area contributed by atoms with Crippen LogP contribution in [0.3, 0.4) is 0 Å². The molecule has 1 saturated carbocycles. The first kappa shape index (κ1) is 22.0. The summed E-state index contributed by atoms with van der Waals surface area (Å²) in [5, 5.41) is 0. The summed E-state index contributed by atoms with van der Waals surface area (Å²) >= 11 is 0. The highest BCUT2D eigenvalue weighted by atomic mass is 16.5. The van der Waals surface area contributed by atoms with Gasteiger partial charge in [-0.15, -0.1) is 0 Å². The maximum Gasteiger partial charge on any atom is 0.224 e. The Balaban J connectivity index is 2.85. The van der Waals surface area contributed by atoms with E-state index in [4.69, 9.17) is 4.74 Å². The number of ether oxygens (including phenoxy) is 1. The SMILES string of the molecule is C=C(/C=C\C(C#CC1CC1)=C/C)C(C)N(C(C)=O)/C(C)=C\C(C)OCC. The van der Waals surface area contributed by atoms with Crippen LogP contribution < -0.4 is 0 Å². The second kappa shape index (κ2) is 10.8. The Labute approximate surface area is 159 Å². The van der Waals surface area contributed by atoms with E-state index in [1.807, 2.05) is 58.9 Å². The van der Waals surface area contributed by atoms with Gasteiger partial charge in [0.05, 0.1) is 12.1 Å². The third kappa shape index (κ3) is 7.45.